The quantitative estimate of drug-likeness (QED) is 0.394. The monoisotopic (exact) mass is 405 g/mol. The van der Waals surface area contributed by atoms with Gasteiger partial charge in [-0.1, -0.05) is 12.1 Å². The van der Waals surface area contributed by atoms with Crippen LogP contribution in [0.4, 0.5) is 5.69 Å². The van der Waals surface area contributed by atoms with Gasteiger partial charge in [0.25, 0.3) is 5.91 Å². The number of hydrogen-bond donors (Lipinski definition) is 4. The number of amides is 1. The van der Waals surface area contributed by atoms with E-state index >= 15 is 0 Å². The molecule has 0 saturated carbocycles. The van der Waals surface area contributed by atoms with Crippen LogP contribution in [0.15, 0.2) is 29.8 Å². The molecule has 1 saturated heterocycles. The molecule has 0 bridgehead atoms. The molecule has 1 aromatic rings. The molecule has 1 aromatic carbocycles. The molecule has 1 amide bonds. The summed E-state index contributed by atoms with van der Waals surface area (Å²) < 4.78 is 5.27. The first kappa shape index (κ1) is 24.6. The fourth-order valence-electron chi connectivity index (χ4n) is 3.08. The van der Waals surface area contributed by atoms with Crippen LogP contribution in [0, 0.1) is 11.3 Å². The Morgan fingerprint density at radius 3 is 2.38 bits per heavy atom. The average molecular weight is 405 g/mol. The number of aliphatic hydroxyl groups is 3. The molecule has 0 aliphatic carbocycles. The molecular formula is C21H31N3O5. The van der Waals surface area contributed by atoms with Gasteiger partial charge in [0, 0.05) is 45.3 Å². The predicted octanol–water partition coefficient (Wildman–Crippen LogP) is 1.02. The van der Waals surface area contributed by atoms with E-state index in [-0.39, 0.29) is 18.5 Å². The Morgan fingerprint density at radius 2 is 1.86 bits per heavy atom. The second-order valence-corrected chi connectivity index (χ2v) is 6.48. The molecule has 4 N–H and O–H groups in total. The zero-order valence-corrected chi connectivity index (χ0v) is 17.2. The van der Waals surface area contributed by atoms with Crippen molar-refractivity contribution < 1.29 is 24.9 Å². The minimum Gasteiger partial charge on any atom is -0.400 e. The van der Waals surface area contributed by atoms with E-state index in [4.69, 9.17) is 9.84 Å². The predicted molar refractivity (Wildman–Crippen MR) is 111 cm³/mol. The Bertz CT molecular complexity index is 685. The Labute approximate surface area is 172 Å². The minimum absolute atomic E-state index is 0.0116. The minimum atomic E-state index is -1.04. The Balaban J connectivity index is 0.00000204. The van der Waals surface area contributed by atoms with E-state index in [1.54, 1.807) is 0 Å². The number of nitrogens with zero attached hydrogens (tertiary/aromatic N) is 2. The maximum absolute atomic E-state index is 12.3. The summed E-state index contributed by atoms with van der Waals surface area (Å²) in [5.74, 6) is -0.511. The van der Waals surface area contributed by atoms with Gasteiger partial charge in [-0.15, -0.1) is 0 Å². The molecule has 1 fully saturated rings. The van der Waals surface area contributed by atoms with Crippen LogP contribution in [-0.4, -0.2) is 66.5 Å². The molecule has 2 rings (SSSR count). The summed E-state index contributed by atoms with van der Waals surface area (Å²) in [6.07, 6.45) is -0.155. The van der Waals surface area contributed by atoms with Gasteiger partial charge in [0.1, 0.15) is 11.6 Å². The second-order valence-electron chi connectivity index (χ2n) is 6.48. The molecule has 8 heteroatoms. The number of anilines is 1. The first-order valence-corrected chi connectivity index (χ1v) is 9.68. The zero-order valence-electron chi connectivity index (χ0n) is 17.2. The number of benzene rings is 1. The van der Waals surface area contributed by atoms with Crippen LogP contribution >= 0.6 is 0 Å². The number of rotatable bonds is 7. The number of aliphatic hydroxyl groups excluding tert-OH is 3. The van der Waals surface area contributed by atoms with Crippen molar-refractivity contribution in [3.8, 4) is 6.07 Å². The Morgan fingerprint density at radius 1 is 1.24 bits per heavy atom. The van der Waals surface area contributed by atoms with Gasteiger partial charge < -0.3 is 30.3 Å². The molecule has 3 atom stereocenters. The normalized spacial score (nSPS) is 21.4. The number of hydrogen-bond acceptors (Lipinski definition) is 7. The van der Waals surface area contributed by atoms with Gasteiger partial charge in [0.2, 0.25) is 0 Å². The topological polar surface area (TPSA) is 126 Å². The van der Waals surface area contributed by atoms with E-state index in [0.717, 1.165) is 31.5 Å². The maximum Gasteiger partial charge on any atom is 0.262 e. The molecule has 1 aliphatic heterocycles. The molecule has 160 valence electrons. The van der Waals surface area contributed by atoms with Crippen molar-refractivity contribution in [1.82, 2.24) is 5.32 Å². The van der Waals surface area contributed by atoms with Gasteiger partial charge in [-0.3, -0.25) is 4.79 Å². The largest absolute Gasteiger partial charge is 0.400 e. The summed E-state index contributed by atoms with van der Waals surface area (Å²) in [5.41, 5.74) is 1.84. The van der Waals surface area contributed by atoms with E-state index in [2.05, 4.69) is 24.1 Å². The number of ether oxygens (including phenoxy) is 1. The van der Waals surface area contributed by atoms with Crippen molar-refractivity contribution in [2.75, 3.05) is 31.6 Å². The standard InChI is InChI=1S/C20H27N3O4.CH4O/c1-3-23(4-2)16-7-5-14(6-8-16)9-15(12-21)20(26)22-13-18-10-17(24)11-19(25)27-18;1-2/h5-9,17-19,24-25H,3-4,10-11,13H2,1-2H3,(H,22,26);2H,1H3/b15-9+;. The smallest absolute Gasteiger partial charge is 0.262 e. The Hall–Kier alpha value is -2.44. The zero-order chi connectivity index (χ0) is 21.8. The van der Waals surface area contributed by atoms with Crippen molar-refractivity contribution in [2.24, 2.45) is 0 Å². The first-order chi connectivity index (χ1) is 14.0. The van der Waals surface area contributed by atoms with Gasteiger partial charge in [0.05, 0.1) is 12.2 Å². The lowest BCUT2D eigenvalue weighted by Gasteiger charge is -2.30. The third-order valence-corrected chi connectivity index (χ3v) is 4.55. The fourth-order valence-corrected chi connectivity index (χ4v) is 3.08. The van der Waals surface area contributed by atoms with Crippen molar-refractivity contribution in [3.63, 3.8) is 0 Å². The van der Waals surface area contributed by atoms with Gasteiger partial charge in [0.15, 0.2) is 6.29 Å². The van der Waals surface area contributed by atoms with E-state index in [1.807, 2.05) is 30.3 Å². The lowest BCUT2D eigenvalue weighted by atomic mass is 10.0. The number of nitriles is 1. The van der Waals surface area contributed by atoms with Crippen LogP contribution in [0.25, 0.3) is 6.08 Å². The SMILES string of the molecule is CCN(CC)c1ccc(/C=C(\C#N)C(=O)NCC2CC(O)CC(O)O2)cc1.CO. The van der Waals surface area contributed by atoms with E-state index in [0.29, 0.717) is 6.42 Å². The van der Waals surface area contributed by atoms with Gasteiger partial charge in [-0.25, -0.2) is 0 Å². The van der Waals surface area contributed by atoms with Crippen molar-refractivity contribution >= 4 is 17.7 Å². The molecule has 8 nitrogen and oxygen atoms in total. The molecular weight excluding hydrogens is 374 g/mol. The number of nitrogens with one attached hydrogen (secondary N) is 1. The molecule has 0 radical (unpaired) electrons. The lowest BCUT2D eigenvalue weighted by molar-refractivity contribution is -0.187. The highest BCUT2D eigenvalue weighted by atomic mass is 16.6. The second kappa shape index (κ2) is 12.9. The summed E-state index contributed by atoms with van der Waals surface area (Å²) >= 11 is 0. The molecule has 0 spiro atoms. The van der Waals surface area contributed by atoms with Crippen molar-refractivity contribution in [1.29, 1.82) is 5.26 Å². The molecule has 29 heavy (non-hydrogen) atoms. The van der Waals surface area contributed by atoms with Gasteiger partial charge >= 0.3 is 0 Å². The number of carbonyl (C=O) groups is 1. The third kappa shape index (κ3) is 7.83. The van der Waals surface area contributed by atoms with Gasteiger partial charge in [-0.05, 0) is 37.6 Å². The van der Waals surface area contributed by atoms with Crippen molar-refractivity contribution in [2.45, 2.75) is 45.2 Å². The maximum atomic E-state index is 12.3. The van der Waals surface area contributed by atoms with Crippen LogP contribution in [0.5, 0.6) is 0 Å². The van der Waals surface area contributed by atoms with Crippen LogP contribution in [0.2, 0.25) is 0 Å². The molecule has 3 unspecified atom stereocenters. The highest BCUT2D eigenvalue weighted by molar-refractivity contribution is 6.01. The van der Waals surface area contributed by atoms with E-state index in [9.17, 15) is 20.3 Å². The molecule has 0 aromatic heterocycles. The summed E-state index contributed by atoms with van der Waals surface area (Å²) in [6, 6.07) is 9.58. The molecule has 1 aliphatic rings. The Kier molecular flexibility index (Phi) is 10.9. The summed E-state index contributed by atoms with van der Waals surface area (Å²) in [5, 5.41) is 38.1. The van der Waals surface area contributed by atoms with E-state index < -0.39 is 24.4 Å². The third-order valence-electron chi connectivity index (χ3n) is 4.55. The summed E-state index contributed by atoms with van der Waals surface area (Å²) in [4.78, 5) is 14.5. The van der Waals surface area contributed by atoms with Crippen molar-refractivity contribution in [3.05, 3.63) is 35.4 Å². The highest BCUT2D eigenvalue weighted by Crippen LogP contribution is 2.18. The average Bonchev–Trinajstić information content (AvgIpc) is 2.73. The summed E-state index contributed by atoms with van der Waals surface area (Å²) in [7, 11) is 1.00. The number of carbonyl (C=O) groups excluding carboxylic acids is 1. The van der Waals surface area contributed by atoms with Crippen LogP contribution in [-0.2, 0) is 9.53 Å². The highest BCUT2D eigenvalue weighted by Gasteiger charge is 2.27. The molecule has 1 heterocycles. The van der Waals surface area contributed by atoms with Crippen LogP contribution < -0.4 is 10.2 Å². The summed E-state index contributed by atoms with van der Waals surface area (Å²) in [6.45, 7) is 6.11. The van der Waals surface area contributed by atoms with Gasteiger partial charge in [-0.2, -0.15) is 5.26 Å². The lowest BCUT2D eigenvalue weighted by Crippen LogP contribution is -2.42. The van der Waals surface area contributed by atoms with Crippen LogP contribution in [0.3, 0.4) is 0 Å². The first-order valence-electron chi connectivity index (χ1n) is 9.68. The van der Waals surface area contributed by atoms with Crippen LogP contribution in [0.1, 0.15) is 32.3 Å². The van der Waals surface area contributed by atoms with E-state index in [1.165, 1.54) is 6.08 Å². The fraction of sp³-hybridized carbons (Fsp3) is 0.524.